The van der Waals surface area contributed by atoms with Crippen molar-refractivity contribution in [2.75, 3.05) is 6.61 Å². The molecule has 108 valence electrons. The highest BCUT2D eigenvalue weighted by atomic mass is 16.6. The lowest BCUT2D eigenvalue weighted by atomic mass is 9.87. The summed E-state index contributed by atoms with van der Waals surface area (Å²) in [7, 11) is 0. The number of ether oxygens (including phenoxy) is 1. The van der Waals surface area contributed by atoms with E-state index >= 15 is 0 Å². The molecule has 1 rings (SSSR count). The van der Waals surface area contributed by atoms with Crippen molar-refractivity contribution < 1.29 is 14.9 Å². The van der Waals surface area contributed by atoms with Crippen LogP contribution in [0.4, 0.5) is 0 Å². The minimum atomic E-state index is -0.645. The molecule has 0 spiro atoms. The molecule has 0 amide bonds. The smallest absolute Gasteiger partial charge is 0.154 e. The summed E-state index contributed by atoms with van der Waals surface area (Å²) in [5, 5.41) is 19.8. The van der Waals surface area contributed by atoms with Crippen LogP contribution in [0.25, 0.3) is 0 Å². The third-order valence-corrected chi connectivity index (χ3v) is 4.09. The SMILES string of the molecule is CCCCCC1C(O)CCC1CC(O)OCCC. The Balaban J connectivity index is 2.32. The van der Waals surface area contributed by atoms with E-state index in [1.807, 2.05) is 6.92 Å². The predicted octanol–water partition coefficient (Wildman–Crippen LogP) is 3.09. The van der Waals surface area contributed by atoms with E-state index in [9.17, 15) is 10.2 Å². The Morgan fingerprint density at radius 3 is 2.61 bits per heavy atom. The Labute approximate surface area is 112 Å². The lowest BCUT2D eigenvalue weighted by Gasteiger charge is -2.24. The molecule has 3 nitrogen and oxygen atoms in total. The highest BCUT2D eigenvalue weighted by Gasteiger charge is 2.35. The number of unbranched alkanes of at least 4 members (excludes halogenated alkanes) is 2. The monoisotopic (exact) mass is 258 g/mol. The second kappa shape index (κ2) is 8.89. The maximum atomic E-state index is 10.0. The van der Waals surface area contributed by atoms with Crippen molar-refractivity contribution in [3.05, 3.63) is 0 Å². The first-order chi connectivity index (χ1) is 8.69. The van der Waals surface area contributed by atoms with Crippen LogP contribution in [0, 0.1) is 11.8 Å². The van der Waals surface area contributed by atoms with Gasteiger partial charge >= 0.3 is 0 Å². The van der Waals surface area contributed by atoms with E-state index in [0.29, 0.717) is 24.9 Å². The van der Waals surface area contributed by atoms with E-state index in [4.69, 9.17) is 4.74 Å². The van der Waals surface area contributed by atoms with E-state index in [-0.39, 0.29) is 6.10 Å². The fourth-order valence-corrected chi connectivity index (χ4v) is 3.06. The molecule has 1 saturated carbocycles. The first kappa shape index (κ1) is 15.9. The highest BCUT2D eigenvalue weighted by molar-refractivity contribution is 4.85. The molecule has 0 saturated heterocycles. The maximum absolute atomic E-state index is 10.0. The molecule has 0 aromatic carbocycles. The zero-order valence-electron chi connectivity index (χ0n) is 12.0. The maximum Gasteiger partial charge on any atom is 0.154 e. The molecule has 4 atom stereocenters. The van der Waals surface area contributed by atoms with Gasteiger partial charge in [-0.15, -0.1) is 0 Å². The second-order valence-electron chi connectivity index (χ2n) is 5.63. The van der Waals surface area contributed by atoms with Gasteiger partial charge in [0.1, 0.15) is 0 Å². The molecule has 1 aliphatic carbocycles. The van der Waals surface area contributed by atoms with E-state index in [1.165, 1.54) is 19.3 Å². The summed E-state index contributed by atoms with van der Waals surface area (Å²) in [6.07, 6.45) is 7.49. The topological polar surface area (TPSA) is 49.7 Å². The quantitative estimate of drug-likeness (QED) is 0.493. The molecule has 1 fully saturated rings. The molecule has 0 radical (unpaired) electrons. The third-order valence-electron chi connectivity index (χ3n) is 4.09. The van der Waals surface area contributed by atoms with Crippen LogP contribution >= 0.6 is 0 Å². The van der Waals surface area contributed by atoms with Gasteiger partial charge in [-0.05, 0) is 37.5 Å². The van der Waals surface area contributed by atoms with E-state index in [2.05, 4.69) is 6.92 Å². The van der Waals surface area contributed by atoms with Gasteiger partial charge in [-0.25, -0.2) is 0 Å². The first-order valence-corrected chi connectivity index (χ1v) is 7.66. The Morgan fingerprint density at radius 1 is 1.17 bits per heavy atom. The summed E-state index contributed by atoms with van der Waals surface area (Å²) in [5.41, 5.74) is 0. The molecule has 0 bridgehead atoms. The summed E-state index contributed by atoms with van der Waals surface area (Å²) >= 11 is 0. The van der Waals surface area contributed by atoms with Gasteiger partial charge in [0.25, 0.3) is 0 Å². The minimum absolute atomic E-state index is 0.162. The standard InChI is InChI=1S/C15H30O3/c1-3-5-6-7-13-12(8-9-14(13)16)11-15(17)18-10-4-2/h12-17H,3-11H2,1-2H3. The number of rotatable bonds is 9. The third kappa shape index (κ3) is 5.25. The van der Waals surface area contributed by atoms with Gasteiger partial charge in [0.15, 0.2) is 6.29 Å². The first-order valence-electron chi connectivity index (χ1n) is 7.66. The van der Waals surface area contributed by atoms with E-state index in [0.717, 1.165) is 25.7 Å². The second-order valence-corrected chi connectivity index (χ2v) is 5.63. The van der Waals surface area contributed by atoms with Crippen LogP contribution in [0.1, 0.15) is 65.2 Å². The Hall–Kier alpha value is -0.120. The molecule has 2 N–H and O–H groups in total. The zero-order valence-corrected chi connectivity index (χ0v) is 12.0. The van der Waals surface area contributed by atoms with E-state index < -0.39 is 6.29 Å². The van der Waals surface area contributed by atoms with Crippen molar-refractivity contribution >= 4 is 0 Å². The van der Waals surface area contributed by atoms with Crippen LogP contribution < -0.4 is 0 Å². The fraction of sp³-hybridized carbons (Fsp3) is 1.00. The Kier molecular flexibility index (Phi) is 7.87. The van der Waals surface area contributed by atoms with Crippen molar-refractivity contribution in [2.45, 2.75) is 77.6 Å². The minimum Gasteiger partial charge on any atom is -0.393 e. The average Bonchev–Trinajstić information content (AvgIpc) is 2.69. The lowest BCUT2D eigenvalue weighted by Crippen LogP contribution is -2.24. The van der Waals surface area contributed by atoms with Crippen molar-refractivity contribution in [1.29, 1.82) is 0 Å². The molecule has 1 aliphatic rings. The van der Waals surface area contributed by atoms with Crippen LogP contribution in [0.2, 0.25) is 0 Å². The summed E-state index contributed by atoms with van der Waals surface area (Å²) < 4.78 is 5.34. The van der Waals surface area contributed by atoms with Gasteiger partial charge in [0.2, 0.25) is 0 Å². The van der Waals surface area contributed by atoms with Crippen molar-refractivity contribution in [3.63, 3.8) is 0 Å². The molecule has 0 aromatic rings. The number of aliphatic hydroxyl groups excluding tert-OH is 2. The van der Waals surface area contributed by atoms with Crippen LogP contribution in [0.5, 0.6) is 0 Å². The van der Waals surface area contributed by atoms with Crippen LogP contribution in [-0.4, -0.2) is 29.2 Å². The molecular formula is C15H30O3. The van der Waals surface area contributed by atoms with Crippen molar-refractivity contribution in [2.24, 2.45) is 11.8 Å². The van der Waals surface area contributed by atoms with Gasteiger partial charge in [-0.3, -0.25) is 0 Å². The zero-order chi connectivity index (χ0) is 13.4. The van der Waals surface area contributed by atoms with Crippen LogP contribution in [0.15, 0.2) is 0 Å². The molecule has 0 aliphatic heterocycles. The van der Waals surface area contributed by atoms with E-state index in [1.54, 1.807) is 0 Å². The fourth-order valence-electron chi connectivity index (χ4n) is 3.06. The summed E-state index contributed by atoms with van der Waals surface area (Å²) in [5.74, 6) is 0.806. The van der Waals surface area contributed by atoms with Crippen LogP contribution in [0.3, 0.4) is 0 Å². The Bertz CT molecular complexity index is 208. The molecule has 3 heteroatoms. The van der Waals surface area contributed by atoms with Gasteiger partial charge in [0, 0.05) is 13.0 Å². The van der Waals surface area contributed by atoms with Gasteiger partial charge in [-0.1, -0.05) is 33.1 Å². The molecule has 18 heavy (non-hydrogen) atoms. The van der Waals surface area contributed by atoms with Gasteiger partial charge in [0.05, 0.1) is 6.10 Å². The summed E-state index contributed by atoms with van der Waals surface area (Å²) in [4.78, 5) is 0. The van der Waals surface area contributed by atoms with Crippen molar-refractivity contribution in [1.82, 2.24) is 0 Å². The molecule has 0 heterocycles. The summed E-state index contributed by atoms with van der Waals surface area (Å²) in [6.45, 7) is 4.86. The summed E-state index contributed by atoms with van der Waals surface area (Å²) in [6, 6.07) is 0. The average molecular weight is 258 g/mol. The molecular weight excluding hydrogens is 228 g/mol. The number of hydrogen-bond acceptors (Lipinski definition) is 3. The number of hydrogen-bond donors (Lipinski definition) is 2. The van der Waals surface area contributed by atoms with Gasteiger partial charge < -0.3 is 14.9 Å². The Morgan fingerprint density at radius 2 is 1.94 bits per heavy atom. The van der Waals surface area contributed by atoms with Crippen LogP contribution in [-0.2, 0) is 4.74 Å². The number of aliphatic hydroxyl groups is 2. The largest absolute Gasteiger partial charge is 0.393 e. The molecule has 4 unspecified atom stereocenters. The van der Waals surface area contributed by atoms with Crippen molar-refractivity contribution in [3.8, 4) is 0 Å². The van der Waals surface area contributed by atoms with Gasteiger partial charge in [-0.2, -0.15) is 0 Å². The highest BCUT2D eigenvalue weighted by Crippen LogP contribution is 2.38. The normalized spacial score (nSPS) is 29.7. The molecule has 0 aromatic heterocycles. The predicted molar refractivity (Wildman–Crippen MR) is 73.2 cm³/mol. The lowest BCUT2D eigenvalue weighted by molar-refractivity contribution is -0.114.